The fourth-order valence-corrected chi connectivity index (χ4v) is 3.99. The summed E-state index contributed by atoms with van der Waals surface area (Å²) in [5.74, 6) is 1.70. The van der Waals surface area contributed by atoms with Crippen LogP contribution in [0, 0.1) is 11.7 Å². The molecule has 20 heavy (non-hydrogen) atoms. The number of fused-ring (bicyclic) bond motifs is 1. The van der Waals surface area contributed by atoms with Crippen LogP contribution in [0.5, 0.6) is 0 Å². The van der Waals surface area contributed by atoms with E-state index in [2.05, 4.69) is 25.2 Å². The molecule has 0 aromatic heterocycles. The van der Waals surface area contributed by atoms with E-state index in [9.17, 15) is 4.39 Å². The molecule has 0 aliphatic carbocycles. The first kappa shape index (κ1) is 15.8. The molecule has 1 nitrogen and oxygen atoms in total. The maximum absolute atomic E-state index is 13.8. The average molecular weight is 295 g/mol. The number of rotatable bonds is 7. The molecule has 2 atom stereocenters. The first-order valence-electron chi connectivity index (χ1n) is 7.90. The molecule has 0 spiro atoms. The molecule has 2 rings (SSSR count). The number of halogens is 1. The van der Waals surface area contributed by atoms with Crippen molar-refractivity contribution >= 4 is 11.8 Å². The van der Waals surface area contributed by atoms with E-state index < -0.39 is 0 Å². The summed E-state index contributed by atoms with van der Waals surface area (Å²) < 4.78 is 13.8. The number of nitrogens with one attached hydrogen (secondary N) is 1. The van der Waals surface area contributed by atoms with Crippen molar-refractivity contribution in [3.63, 3.8) is 0 Å². The van der Waals surface area contributed by atoms with E-state index in [0.29, 0.717) is 6.04 Å². The Hall–Kier alpha value is -0.540. The van der Waals surface area contributed by atoms with Gasteiger partial charge in [0.15, 0.2) is 0 Å². The second-order valence-electron chi connectivity index (χ2n) is 5.67. The standard InChI is InChI=1S/C17H26FNS/c1-3-5-7-13(4-2)12-19-16-10-11-20-17-14(16)8-6-9-15(17)18/h6,8-9,13,16,19H,3-5,7,10-12H2,1-2H3. The summed E-state index contributed by atoms with van der Waals surface area (Å²) in [5.41, 5.74) is 1.16. The molecular weight excluding hydrogens is 269 g/mol. The quantitative estimate of drug-likeness (QED) is 0.745. The number of hydrogen-bond acceptors (Lipinski definition) is 2. The maximum Gasteiger partial charge on any atom is 0.137 e. The largest absolute Gasteiger partial charge is 0.310 e. The Balaban J connectivity index is 1.96. The first-order valence-corrected chi connectivity index (χ1v) is 8.89. The number of unbranched alkanes of at least 4 members (excludes halogenated alkanes) is 1. The van der Waals surface area contributed by atoms with Gasteiger partial charge in [-0.3, -0.25) is 0 Å². The normalized spacial score (nSPS) is 19.6. The third-order valence-corrected chi connectivity index (χ3v) is 5.38. The summed E-state index contributed by atoms with van der Waals surface area (Å²) in [4.78, 5) is 0.859. The minimum absolute atomic E-state index is 0.0583. The van der Waals surface area contributed by atoms with Crippen molar-refractivity contribution in [1.29, 1.82) is 0 Å². The summed E-state index contributed by atoms with van der Waals surface area (Å²) in [6.45, 7) is 5.58. The van der Waals surface area contributed by atoms with Crippen LogP contribution in [0.3, 0.4) is 0 Å². The monoisotopic (exact) mass is 295 g/mol. The molecule has 1 N–H and O–H groups in total. The van der Waals surface area contributed by atoms with Crippen LogP contribution in [0.15, 0.2) is 23.1 Å². The van der Waals surface area contributed by atoms with E-state index in [1.165, 1.54) is 25.7 Å². The van der Waals surface area contributed by atoms with E-state index in [1.54, 1.807) is 17.8 Å². The molecule has 0 radical (unpaired) electrons. The van der Waals surface area contributed by atoms with E-state index in [0.717, 1.165) is 35.1 Å². The zero-order valence-electron chi connectivity index (χ0n) is 12.6. The van der Waals surface area contributed by atoms with Crippen molar-refractivity contribution in [2.24, 2.45) is 5.92 Å². The summed E-state index contributed by atoms with van der Waals surface area (Å²) in [5, 5.41) is 3.68. The molecule has 1 aromatic carbocycles. The van der Waals surface area contributed by atoms with Crippen LogP contribution in [-0.4, -0.2) is 12.3 Å². The predicted octanol–water partition coefficient (Wildman–Crippen LogP) is 5.17. The lowest BCUT2D eigenvalue weighted by Gasteiger charge is -2.28. The zero-order chi connectivity index (χ0) is 14.4. The Morgan fingerprint density at radius 3 is 3.00 bits per heavy atom. The highest BCUT2D eigenvalue weighted by Crippen LogP contribution is 2.37. The molecule has 0 fully saturated rings. The van der Waals surface area contributed by atoms with Crippen molar-refractivity contribution in [3.05, 3.63) is 29.6 Å². The summed E-state index contributed by atoms with van der Waals surface area (Å²) in [7, 11) is 0. The van der Waals surface area contributed by atoms with Crippen LogP contribution in [0.2, 0.25) is 0 Å². The van der Waals surface area contributed by atoms with Crippen LogP contribution in [0.1, 0.15) is 57.6 Å². The zero-order valence-corrected chi connectivity index (χ0v) is 13.4. The number of benzene rings is 1. The highest BCUT2D eigenvalue weighted by Gasteiger charge is 2.23. The summed E-state index contributed by atoms with van der Waals surface area (Å²) in [6, 6.07) is 5.82. The molecule has 0 saturated carbocycles. The van der Waals surface area contributed by atoms with Crippen LogP contribution < -0.4 is 5.32 Å². The minimum atomic E-state index is -0.0583. The Labute approximate surface area is 126 Å². The van der Waals surface area contributed by atoms with Crippen LogP contribution in [0.25, 0.3) is 0 Å². The molecular formula is C17H26FNS. The van der Waals surface area contributed by atoms with E-state index >= 15 is 0 Å². The first-order chi connectivity index (χ1) is 9.76. The SMILES string of the molecule is CCCCC(CC)CNC1CCSc2c(F)cccc21. The van der Waals surface area contributed by atoms with Crippen molar-refractivity contribution in [2.45, 2.75) is 56.9 Å². The summed E-state index contributed by atoms with van der Waals surface area (Å²) in [6.07, 6.45) is 6.21. The summed E-state index contributed by atoms with van der Waals surface area (Å²) >= 11 is 1.66. The Bertz CT molecular complexity index is 421. The van der Waals surface area contributed by atoms with Crippen LogP contribution >= 0.6 is 11.8 Å². The van der Waals surface area contributed by atoms with Gasteiger partial charge >= 0.3 is 0 Å². The van der Waals surface area contributed by atoms with Gasteiger partial charge in [-0.05, 0) is 42.7 Å². The minimum Gasteiger partial charge on any atom is -0.310 e. The lowest BCUT2D eigenvalue weighted by atomic mass is 9.97. The molecule has 3 heteroatoms. The maximum atomic E-state index is 13.8. The third kappa shape index (κ3) is 3.98. The smallest absolute Gasteiger partial charge is 0.137 e. The molecule has 1 aromatic rings. The molecule has 112 valence electrons. The molecule has 1 aliphatic rings. The van der Waals surface area contributed by atoms with Crippen LogP contribution in [0.4, 0.5) is 4.39 Å². The van der Waals surface area contributed by atoms with Gasteiger partial charge in [0.2, 0.25) is 0 Å². The Morgan fingerprint density at radius 1 is 1.40 bits per heavy atom. The van der Waals surface area contributed by atoms with Crippen molar-refractivity contribution < 1.29 is 4.39 Å². The highest BCUT2D eigenvalue weighted by atomic mass is 32.2. The Morgan fingerprint density at radius 2 is 2.25 bits per heavy atom. The predicted molar refractivity (Wildman–Crippen MR) is 85.8 cm³/mol. The second-order valence-corrected chi connectivity index (χ2v) is 6.78. The molecule has 0 amide bonds. The van der Waals surface area contributed by atoms with Gasteiger partial charge in [0.25, 0.3) is 0 Å². The van der Waals surface area contributed by atoms with Gasteiger partial charge in [-0.25, -0.2) is 4.39 Å². The van der Waals surface area contributed by atoms with Gasteiger partial charge < -0.3 is 5.32 Å². The topological polar surface area (TPSA) is 12.0 Å². The van der Waals surface area contributed by atoms with Crippen LogP contribution in [-0.2, 0) is 0 Å². The fraction of sp³-hybridized carbons (Fsp3) is 0.647. The molecule has 1 heterocycles. The average Bonchev–Trinajstić information content (AvgIpc) is 2.48. The molecule has 0 bridgehead atoms. The highest BCUT2D eigenvalue weighted by molar-refractivity contribution is 7.99. The lowest BCUT2D eigenvalue weighted by molar-refractivity contribution is 0.382. The van der Waals surface area contributed by atoms with Gasteiger partial charge in [0.1, 0.15) is 5.82 Å². The van der Waals surface area contributed by atoms with Crippen molar-refractivity contribution in [3.8, 4) is 0 Å². The Kier molecular flexibility index (Phi) is 6.37. The van der Waals surface area contributed by atoms with E-state index in [1.807, 2.05) is 6.07 Å². The van der Waals surface area contributed by atoms with Gasteiger partial charge in [0.05, 0.1) is 0 Å². The fourth-order valence-electron chi connectivity index (χ4n) is 2.85. The molecule has 2 unspecified atom stereocenters. The van der Waals surface area contributed by atoms with Gasteiger partial charge in [-0.1, -0.05) is 45.2 Å². The number of hydrogen-bond donors (Lipinski definition) is 1. The van der Waals surface area contributed by atoms with Crippen molar-refractivity contribution in [1.82, 2.24) is 5.32 Å². The van der Waals surface area contributed by atoms with Gasteiger partial charge in [-0.2, -0.15) is 0 Å². The van der Waals surface area contributed by atoms with E-state index in [-0.39, 0.29) is 5.82 Å². The molecule has 0 saturated heterocycles. The van der Waals surface area contributed by atoms with Gasteiger partial charge in [0, 0.05) is 10.9 Å². The third-order valence-electron chi connectivity index (χ3n) is 4.22. The lowest BCUT2D eigenvalue weighted by Crippen LogP contribution is -2.29. The second kappa shape index (κ2) is 8.04. The number of thioether (sulfide) groups is 1. The van der Waals surface area contributed by atoms with Gasteiger partial charge in [-0.15, -0.1) is 11.8 Å². The van der Waals surface area contributed by atoms with E-state index in [4.69, 9.17) is 0 Å². The molecule has 1 aliphatic heterocycles. The van der Waals surface area contributed by atoms with Crippen molar-refractivity contribution in [2.75, 3.05) is 12.3 Å².